The van der Waals surface area contributed by atoms with Gasteiger partial charge in [0, 0.05) is 25.4 Å². The third-order valence-electron chi connectivity index (χ3n) is 3.83. The Hall–Kier alpha value is -1.15. The van der Waals surface area contributed by atoms with Crippen LogP contribution in [0.2, 0.25) is 0 Å². The number of nitrogens with one attached hydrogen (secondary N) is 2. The highest BCUT2D eigenvalue weighted by atomic mass is 32.2. The lowest BCUT2D eigenvalue weighted by Gasteiger charge is -2.40. The lowest BCUT2D eigenvalue weighted by molar-refractivity contribution is 0.00700. The number of likely N-dealkylation sites (tertiary alicyclic amines) is 1. The van der Waals surface area contributed by atoms with E-state index in [-0.39, 0.29) is 12.1 Å². The minimum absolute atomic E-state index is 0.155. The van der Waals surface area contributed by atoms with Crippen LogP contribution in [0, 0.1) is 0 Å². The van der Waals surface area contributed by atoms with Gasteiger partial charge in [-0.1, -0.05) is 0 Å². The fraction of sp³-hybridized carbons (Fsp3) is 0.875. The standard InChI is InChI=1S/C16H30N4O3S/c1-5-17-13(18-10-16(22)6-7-24-11-16)19-12-8-20(9-12)14(21)23-15(2,3)4/h12,22H,5-11H2,1-4H3,(H2,17,18,19). The normalized spacial score (nSPS) is 25.4. The molecule has 1 atom stereocenters. The zero-order chi connectivity index (χ0) is 17.8. The van der Waals surface area contributed by atoms with Gasteiger partial charge in [0.2, 0.25) is 0 Å². The number of aliphatic imine (C=N–C) groups is 1. The van der Waals surface area contributed by atoms with E-state index >= 15 is 0 Å². The van der Waals surface area contributed by atoms with Gasteiger partial charge in [-0.05, 0) is 39.9 Å². The molecule has 2 heterocycles. The summed E-state index contributed by atoms with van der Waals surface area (Å²) in [6, 6.07) is 0.155. The molecule has 0 saturated carbocycles. The first-order valence-corrected chi connectivity index (χ1v) is 9.69. The summed E-state index contributed by atoms with van der Waals surface area (Å²) in [5.41, 5.74) is -1.16. The van der Waals surface area contributed by atoms with Gasteiger partial charge in [0.1, 0.15) is 5.60 Å². The molecule has 8 heteroatoms. The number of thioether (sulfide) groups is 1. The Morgan fingerprint density at radius 2 is 2.17 bits per heavy atom. The van der Waals surface area contributed by atoms with E-state index in [1.54, 1.807) is 16.7 Å². The topological polar surface area (TPSA) is 86.2 Å². The molecule has 0 aromatic rings. The van der Waals surface area contributed by atoms with E-state index < -0.39 is 11.2 Å². The maximum absolute atomic E-state index is 11.9. The smallest absolute Gasteiger partial charge is 0.410 e. The number of nitrogens with zero attached hydrogens (tertiary/aromatic N) is 2. The van der Waals surface area contributed by atoms with Gasteiger partial charge in [0.15, 0.2) is 5.96 Å². The second kappa shape index (κ2) is 7.82. The zero-order valence-electron chi connectivity index (χ0n) is 15.1. The average molecular weight is 359 g/mol. The molecule has 1 unspecified atom stereocenters. The number of ether oxygens (including phenoxy) is 1. The molecule has 3 N–H and O–H groups in total. The van der Waals surface area contributed by atoms with Gasteiger partial charge < -0.3 is 25.4 Å². The molecule has 7 nitrogen and oxygen atoms in total. The van der Waals surface area contributed by atoms with E-state index in [1.165, 1.54) is 0 Å². The Balaban J connectivity index is 1.79. The maximum Gasteiger partial charge on any atom is 0.410 e. The highest BCUT2D eigenvalue weighted by Gasteiger charge is 2.35. The van der Waals surface area contributed by atoms with Crippen LogP contribution in [0.1, 0.15) is 34.1 Å². The lowest BCUT2D eigenvalue weighted by atomic mass is 10.0. The van der Waals surface area contributed by atoms with Gasteiger partial charge in [-0.15, -0.1) is 0 Å². The first kappa shape index (κ1) is 19.2. The van der Waals surface area contributed by atoms with E-state index in [0.29, 0.717) is 25.6 Å². The number of hydrogen-bond donors (Lipinski definition) is 3. The molecular weight excluding hydrogens is 328 g/mol. The lowest BCUT2D eigenvalue weighted by Crippen LogP contribution is -2.63. The third-order valence-corrected chi connectivity index (χ3v) is 5.07. The third kappa shape index (κ3) is 5.73. The zero-order valence-corrected chi connectivity index (χ0v) is 15.9. The van der Waals surface area contributed by atoms with E-state index in [1.807, 2.05) is 27.7 Å². The van der Waals surface area contributed by atoms with Gasteiger partial charge in [-0.3, -0.25) is 4.99 Å². The highest BCUT2D eigenvalue weighted by Crippen LogP contribution is 2.27. The van der Waals surface area contributed by atoms with Crippen molar-refractivity contribution in [2.45, 2.75) is 51.4 Å². The molecule has 2 fully saturated rings. The molecule has 0 spiro atoms. The molecule has 0 aliphatic carbocycles. The summed E-state index contributed by atoms with van der Waals surface area (Å²) in [6.07, 6.45) is 0.510. The van der Waals surface area contributed by atoms with Gasteiger partial charge in [0.25, 0.3) is 0 Å². The van der Waals surface area contributed by atoms with E-state index in [2.05, 4.69) is 15.6 Å². The van der Waals surface area contributed by atoms with Crippen molar-refractivity contribution in [3.05, 3.63) is 0 Å². The van der Waals surface area contributed by atoms with Gasteiger partial charge in [-0.25, -0.2) is 4.79 Å². The number of hydrogen-bond acceptors (Lipinski definition) is 5. The number of aliphatic hydroxyl groups is 1. The van der Waals surface area contributed by atoms with Crippen LogP contribution in [-0.2, 0) is 4.74 Å². The quantitative estimate of drug-likeness (QED) is 0.514. The van der Waals surface area contributed by atoms with Gasteiger partial charge in [0.05, 0.1) is 18.2 Å². The van der Waals surface area contributed by atoms with Crippen LogP contribution < -0.4 is 10.6 Å². The van der Waals surface area contributed by atoms with Crippen molar-refractivity contribution >= 4 is 23.8 Å². The molecule has 2 aliphatic heterocycles. The van der Waals surface area contributed by atoms with Crippen molar-refractivity contribution in [1.29, 1.82) is 0 Å². The fourth-order valence-corrected chi connectivity index (χ4v) is 3.79. The summed E-state index contributed by atoms with van der Waals surface area (Å²) in [5, 5.41) is 16.9. The van der Waals surface area contributed by atoms with E-state index in [9.17, 15) is 9.90 Å². The molecule has 0 bridgehead atoms. The van der Waals surface area contributed by atoms with Crippen LogP contribution in [0.5, 0.6) is 0 Å². The number of rotatable bonds is 4. The summed E-state index contributed by atoms with van der Waals surface area (Å²) in [4.78, 5) is 18.1. The van der Waals surface area contributed by atoms with Crippen LogP contribution in [0.15, 0.2) is 4.99 Å². The molecule has 2 rings (SSSR count). The van der Waals surface area contributed by atoms with Crippen LogP contribution in [0.4, 0.5) is 4.79 Å². The summed E-state index contributed by atoms with van der Waals surface area (Å²) < 4.78 is 5.35. The predicted molar refractivity (Wildman–Crippen MR) is 97.6 cm³/mol. The highest BCUT2D eigenvalue weighted by molar-refractivity contribution is 7.99. The predicted octanol–water partition coefficient (Wildman–Crippen LogP) is 1.03. The number of amides is 1. The van der Waals surface area contributed by atoms with Gasteiger partial charge >= 0.3 is 6.09 Å². The molecule has 2 saturated heterocycles. The van der Waals surface area contributed by atoms with E-state index in [0.717, 1.165) is 24.5 Å². The molecule has 2 aliphatic rings. The molecule has 0 aromatic heterocycles. The molecule has 0 radical (unpaired) electrons. The van der Waals surface area contributed by atoms with Crippen molar-refractivity contribution in [2.75, 3.05) is 37.7 Å². The fourth-order valence-electron chi connectivity index (χ4n) is 2.51. The number of carbonyl (C=O) groups is 1. The Morgan fingerprint density at radius 1 is 1.46 bits per heavy atom. The summed E-state index contributed by atoms with van der Waals surface area (Å²) in [7, 11) is 0. The summed E-state index contributed by atoms with van der Waals surface area (Å²) >= 11 is 1.77. The number of guanidine groups is 1. The summed E-state index contributed by atoms with van der Waals surface area (Å²) in [6.45, 7) is 9.94. The van der Waals surface area contributed by atoms with Gasteiger partial charge in [-0.2, -0.15) is 11.8 Å². The Morgan fingerprint density at radius 3 is 2.71 bits per heavy atom. The Labute approximate surface area is 148 Å². The molecule has 138 valence electrons. The number of carbonyl (C=O) groups excluding carboxylic acids is 1. The SMILES string of the molecule is CCNC(=NCC1(O)CCSC1)NC1CN(C(=O)OC(C)(C)C)C1. The largest absolute Gasteiger partial charge is 0.444 e. The van der Waals surface area contributed by atoms with E-state index in [4.69, 9.17) is 4.74 Å². The van der Waals surface area contributed by atoms with Crippen LogP contribution in [0.3, 0.4) is 0 Å². The minimum Gasteiger partial charge on any atom is -0.444 e. The Kier molecular flexibility index (Phi) is 6.25. The Bertz CT molecular complexity index is 466. The van der Waals surface area contributed by atoms with Crippen LogP contribution >= 0.6 is 11.8 Å². The average Bonchev–Trinajstić information content (AvgIpc) is 2.84. The van der Waals surface area contributed by atoms with Crippen LogP contribution in [-0.4, -0.2) is 77.0 Å². The first-order chi connectivity index (χ1) is 11.2. The first-order valence-electron chi connectivity index (χ1n) is 8.54. The molecular formula is C16H30N4O3S. The van der Waals surface area contributed by atoms with Crippen molar-refractivity contribution in [2.24, 2.45) is 4.99 Å². The second-order valence-corrected chi connectivity index (χ2v) is 8.55. The van der Waals surface area contributed by atoms with Crippen LogP contribution in [0.25, 0.3) is 0 Å². The molecule has 1 amide bonds. The van der Waals surface area contributed by atoms with Crippen molar-refractivity contribution < 1.29 is 14.6 Å². The van der Waals surface area contributed by atoms with Crippen molar-refractivity contribution in [3.8, 4) is 0 Å². The second-order valence-electron chi connectivity index (χ2n) is 7.45. The molecule has 24 heavy (non-hydrogen) atoms. The van der Waals surface area contributed by atoms with Crippen molar-refractivity contribution in [3.63, 3.8) is 0 Å². The maximum atomic E-state index is 11.9. The minimum atomic E-state index is -0.685. The van der Waals surface area contributed by atoms with Crippen molar-refractivity contribution in [1.82, 2.24) is 15.5 Å². The summed E-state index contributed by atoms with van der Waals surface area (Å²) in [5.74, 6) is 2.42. The monoisotopic (exact) mass is 358 g/mol. The molecule has 0 aromatic carbocycles.